The maximum absolute atomic E-state index is 14.0. The van der Waals surface area contributed by atoms with Gasteiger partial charge < -0.3 is 9.63 Å². The minimum Gasteiger partial charge on any atom is -0.478 e. The zero-order valence-corrected chi connectivity index (χ0v) is 20.5. The van der Waals surface area contributed by atoms with Crippen molar-refractivity contribution in [3.8, 4) is 11.3 Å². The Morgan fingerprint density at radius 2 is 1.88 bits per heavy atom. The van der Waals surface area contributed by atoms with E-state index in [0.717, 1.165) is 22.6 Å². The van der Waals surface area contributed by atoms with Gasteiger partial charge in [-0.05, 0) is 54.8 Å². The van der Waals surface area contributed by atoms with Crippen molar-refractivity contribution in [2.45, 2.75) is 33.6 Å². The highest BCUT2D eigenvalue weighted by molar-refractivity contribution is 6.36. The van der Waals surface area contributed by atoms with E-state index in [1.165, 1.54) is 6.08 Å². The number of carbonyl (C=O) groups excluding carboxylic acids is 1. The largest absolute Gasteiger partial charge is 0.478 e. The highest BCUT2D eigenvalue weighted by Crippen LogP contribution is 2.39. The van der Waals surface area contributed by atoms with Crippen molar-refractivity contribution in [1.82, 2.24) is 9.72 Å². The molecule has 0 aliphatic heterocycles. The van der Waals surface area contributed by atoms with Crippen LogP contribution in [0.1, 0.15) is 52.6 Å². The van der Waals surface area contributed by atoms with Crippen LogP contribution in [0.4, 0.5) is 0 Å². The summed E-state index contributed by atoms with van der Waals surface area (Å²) in [6.45, 7) is 7.57. The lowest BCUT2D eigenvalue weighted by molar-refractivity contribution is -0.131. The average Bonchev–Trinajstić information content (AvgIpc) is 3.33. The number of aromatic nitrogens is 2. The summed E-state index contributed by atoms with van der Waals surface area (Å²) >= 11 is 12.7. The first kappa shape index (κ1) is 23.8. The molecule has 0 amide bonds. The van der Waals surface area contributed by atoms with Crippen LogP contribution in [0.2, 0.25) is 10.0 Å². The monoisotopic (exact) mass is 496 g/mol. The lowest BCUT2D eigenvalue weighted by atomic mass is 9.97. The Kier molecular flexibility index (Phi) is 6.39. The van der Waals surface area contributed by atoms with Gasteiger partial charge in [0.2, 0.25) is 0 Å². The number of carboxylic acid groups (broad SMARTS) is 1. The maximum Gasteiger partial charge on any atom is 0.328 e. The number of rotatable bonds is 5. The van der Waals surface area contributed by atoms with E-state index in [1.54, 1.807) is 29.0 Å². The Hall–Kier alpha value is -3.35. The summed E-state index contributed by atoms with van der Waals surface area (Å²) < 4.78 is 7.20. The quantitative estimate of drug-likeness (QED) is 0.297. The summed E-state index contributed by atoms with van der Waals surface area (Å²) in [5.41, 5.74) is 4.22. The van der Waals surface area contributed by atoms with Crippen LogP contribution in [0.3, 0.4) is 0 Å². The van der Waals surface area contributed by atoms with E-state index < -0.39 is 5.97 Å². The predicted octanol–water partition coefficient (Wildman–Crippen LogP) is 7.13. The van der Waals surface area contributed by atoms with Gasteiger partial charge in [0.15, 0.2) is 5.76 Å². The number of carboxylic acids is 1. The van der Waals surface area contributed by atoms with Gasteiger partial charge >= 0.3 is 5.97 Å². The highest BCUT2D eigenvalue weighted by atomic mass is 35.5. The third-order valence-electron chi connectivity index (χ3n) is 5.62. The van der Waals surface area contributed by atoms with Crippen LogP contribution in [0.5, 0.6) is 0 Å². The molecule has 1 N–H and O–H groups in total. The van der Waals surface area contributed by atoms with Crippen molar-refractivity contribution in [1.29, 1.82) is 0 Å². The molecule has 0 saturated heterocycles. The molecule has 4 aromatic rings. The minimum absolute atomic E-state index is 0.108. The molecule has 174 valence electrons. The molecule has 8 heteroatoms. The Morgan fingerprint density at radius 1 is 1.15 bits per heavy atom. The molecule has 0 fully saturated rings. The molecule has 2 heterocycles. The second kappa shape index (κ2) is 9.12. The molecule has 34 heavy (non-hydrogen) atoms. The summed E-state index contributed by atoms with van der Waals surface area (Å²) in [7, 11) is 0. The van der Waals surface area contributed by atoms with Crippen molar-refractivity contribution in [3.05, 3.63) is 80.7 Å². The second-order valence-corrected chi connectivity index (χ2v) is 9.25. The second-order valence-electron chi connectivity index (χ2n) is 8.40. The van der Waals surface area contributed by atoms with E-state index in [-0.39, 0.29) is 11.8 Å². The predicted molar refractivity (Wildman–Crippen MR) is 134 cm³/mol. The van der Waals surface area contributed by atoms with Crippen molar-refractivity contribution >= 4 is 52.1 Å². The van der Waals surface area contributed by atoms with Crippen molar-refractivity contribution < 1.29 is 19.2 Å². The summed E-state index contributed by atoms with van der Waals surface area (Å²) in [6, 6.07) is 8.79. The third kappa shape index (κ3) is 4.15. The van der Waals surface area contributed by atoms with Crippen LogP contribution < -0.4 is 0 Å². The number of hydrogen-bond acceptors (Lipinski definition) is 4. The molecule has 0 aliphatic carbocycles. The number of benzene rings is 2. The molecule has 2 aromatic heterocycles. The number of carbonyl (C=O) groups is 2. The molecule has 6 nitrogen and oxygen atoms in total. The zero-order valence-electron chi connectivity index (χ0n) is 19.0. The number of aliphatic carboxylic acids is 1. The SMILES string of the molecule is Cc1cc(Cl)cc(Cl)c1-c1noc(C(C)C)c1C(=O)n1cc(C)c2c(/C=C/C(=O)O)cccc21. The van der Waals surface area contributed by atoms with Crippen LogP contribution >= 0.6 is 23.2 Å². The number of fused-ring (bicyclic) bond motifs is 1. The average molecular weight is 497 g/mol. The normalized spacial score (nSPS) is 11.7. The van der Waals surface area contributed by atoms with Crippen LogP contribution in [0, 0.1) is 13.8 Å². The minimum atomic E-state index is -1.05. The van der Waals surface area contributed by atoms with Crippen LogP contribution in [0.25, 0.3) is 28.2 Å². The third-order valence-corrected chi connectivity index (χ3v) is 6.14. The Balaban J connectivity index is 1.95. The Bertz CT molecular complexity index is 1450. The number of nitrogens with zero attached hydrogens (tertiary/aromatic N) is 2. The Morgan fingerprint density at radius 3 is 2.53 bits per heavy atom. The first-order valence-electron chi connectivity index (χ1n) is 10.6. The number of halogens is 2. The fourth-order valence-corrected chi connectivity index (χ4v) is 4.87. The molecule has 0 radical (unpaired) electrons. The zero-order chi connectivity index (χ0) is 24.7. The summed E-state index contributed by atoms with van der Waals surface area (Å²) in [4.78, 5) is 25.0. The van der Waals surface area contributed by atoms with Gasteiger partial charge in [0.25, 0.3) is 5.91 Å². The van der Waals surface area contributed by atoms with Gasteiger partial charge in [0.05, 0.1) is 10.5 Å². The van der Waals surface area contributed by atoms with Crippen molar-refractivity contribution in [2.24, 2.45) is 0 Å². The standard InChI is InChI=1S/C26H22Cl2N2O4/c1-13(2)25-23(24(29-34-25)22-14(3)10-17(27)11-18(22)28)26(33)30-12-15(4)21-16(8-9-20(31)32)6-5-7-19(21)30/h5-13H,1-4H3,(H,31,32)/b9-8+. The maximum atomic E-state index is 14.0. The molecule has 0 saturated carbocycles. The van der Waals surface area contributed by atoms with E-state index in [9.17, 15) is 9.59 Å². The lowest BCUT2D eigenvalue weighted by Crippen LogP contribution is -2.14. The van der Waals surface area contributed by atoms with Gasteiger partial charge in [0, 0.05) is 34.2 Å². The molecule has 0 unspecified atom stereocenters. The molecule has 0 bridgehead atoms. The molecule has 0 aliphatic rings. The summed E-state index contributed by atoms with van der Waals surface area (Å²) in [5.74, 6) is -1.02. The van der Waals surface area contributed by atoms with E-state index >= 15 is 0 Å². The molecule has 2 aromatic carbocycles. The topological polar surface area (TPSA) is 85.3 Å². The van der Waals surface area contributed by atoms with Crippen molar-refractivity contribution in [3.63, 3.8) is 0 Å². The van der Waals surface area contributed by atoms with Gasteiger partial charge in [-0.3, -0.25) is 9.36 Å². The lowest BCUT2D eigenvalue weighted by Gasteiger charge is -2.11. The van der Waals surface area contributed by atoms with E-state index in [4.69, 9.17) is 32.8 Å². The van der Waals surface area contributed by atoms with Crippen LogP contribution in [-0.2, 0) is 4.79 Å². The molecule has 0 atom stereocenters. The van der Waals surface area contributed by atoms with Crippen LogP contribution in [0.15, 0.2) is 47.1 Å². The fraction of sp³-hybridized carbons (Fsp3) is 0.192. The van der Waals surface area contributed by atoms with Gasteiger partial charge in [-0.25, -0.2) is 4.79 Å². The molecule has 0 spiro atoms. The van der Waals surface area contributed by atoms with E-state index in [1.807, 2.05) is 39.8 Å². The smallest absolute Gasteiger partial charge is 0.328 e. The highest BCUT2D eigenvalue weighted by Gasteiger charge is 2.30. The molecular weight excluding hydrogens is 475 g/mol. The van der Waals surface area contributed by atoms with Crippen LogP contribution in [-0.4, -0.2) is 26.7 Å². The van der Waals surface area contributed by atoms with Gasteiger partial charge in [-0.1, -0.05) is 54.3 Å². The van der Waals surface area contributed by atoms with Gasteiger partial charge in [0.1, 0.15) is 11.3 Å². The number of hydrogen-bond donors (Lipinski definition) is 1. The fourth-order valence-electron chi connectivity index (χ4n) is 4.18. The summed E-state index contributed by atoms with van der Waals surface area (Å²) in [5, 5.41) is 14.9. The van der Waals surface area contributed by atoms with E-state index in [2.05, 4.69) is 5.16 Å². The first-order valence-corrected chi connectivity index (χ1v) is 11.4. The van der Waals surface area contributed by atoms with E-state index in [0.29, 0.717) is 43.7 Å². The molecular formula is C26H22Cl2N2O4. The van der Waals surface area contributed by atoms with Crippen molar-refractivity contribution in [2.75, 3.05) is 0 Å². The number of aryl methyl sites for hydroxylation is 2. The first-order chi connectivity index (χ1) is 16.1. The summed E-state index contributed by atoms with van der Waals surface area (Å²) in [6.07, 6.45) is 4.34. The van der Waals surface area contributed by atoms with Gasteiger partial charge in [-0.2, -0.15) is 0 Å². The molecule has 4 rings (SSSR count). The van der Waals surface area contributed by atoms with Gasteiger partial charge in [-0.15, -0.1) is 0 Å². The Labute approximate surface area is 206 Å².